The van der Waals surface area contributed by atoms with Crippen LogP contribution in [0.25, 0.3) is 0 Å². The van der Waals surface area contributed by atoms with Crippen LogP contribution in [0.15, 0.2) is 36.4 Å². The van der Waals surface area contributed by atoms with E-state index in [9.17, 15) is 9.59 Å². The minimum absolute atomic E-state index is 0.330. The predicted molar refractivity (Wildman–Crippen MR) is 101 cm³/mol. The van der Waals surface area contributed by atoms with Crippen LogP contribution in [0.1, 0.15) is 11.1 Å². The maximum Gasteiger partial charge on any atom is 0.313 e. The molecule has 0 saturated carbocycles. The molecule has 0 heterocycles. The second kappa shape index (κ2) is 9.10. The van der Waals surface area contributed by atoms with Crippen molar-refractivity contribution >= 4 is 29.1 Å². The van der Waals surface area contributed by atoms with Crippen molar-refractivity contribution in [3.8, 4) is 11.5 Å². The SMILES string of the molecule is COc1cccc(CCNC(=O)C(=O)Nc2cc(C)c(Cl)cc2OC)c1. The van der Waals surface area contributed by atoms with Crippen molar-refractivity contribution in [1.82, 2.24) is 5.32 Å². The number of halogens is 1. The molecule has 138 valence electrons. The van der Waals surface area contributed by atoms with Gasteiger partial charge in [0.25, 0.3) is 0 Å². The summed E-state index contributed by atoms with van der Waals surface area (Å²) in [6.07, 6.45) is 0.583. The Kier molecular flexibility index (Phi) is 6.86. The minimum atomic E-state index is -0.768. The van der Waals surface area contributed by atoms with Gasteiger partial charge in [-0.2, -0.15) is 0 Å². The maximum atomic E-state index is 12.1. The molecule has 2 N–H and O–H groups in total. The van der Waals surface area contributed by atoms with Crippen LogP contribution in [0.3, 0.4) is 0 Å². The molecule has 0 fully saturated rings. The van der Waals surface area contributed by atoms with Crippen LogP contribution >= 0.6 is 11.6 Å². The van der Waals surface area contributed by atoms with Crippen molar-refractivity contribution in [2.45, 2.75) is 13.3 Å². The smallest absolute Gasteiger partial charge is 0.313 e. The summed E-state index contributed by atoms with van der Waals surface area (Å²) in [7, 11) is 3.06. The number of rotatable bonds is 6. The van der Waals surface area contributed by atoms with Crippen molar-refractivity contribution in [2.24, 2.45) is 0 Å². The quantitative estimate of drug-likeness (QED) is 0.760. The standard InChI is InChI=1S/C19H21ClN2O4/c1-12-9-16(17(26-3)11-15(12)20)22-19(24)18(23)21-8-7-13-5-4-6-14(10-13)25-2/h4-6,9-11H,7-8H2,1-3H3,(H,21,23)(H,22,24). The number of anilines is 1. The number of ether oxygens (including phenoxy) is 2. The number of nitrogens with one attached hydrogen (secondary N) is 2. The molecule has 0 atom stereocenters. The lowest BCUT2D eigenvalue weighted by molar-refractivity contribution is -0.136. The van der Waals surface area contributed by atoms with Crippen molar-refractivity contribution < 1.29 is 19.1 Å². The molecule has 0 aliphatic rings. The highest BCUT2D eigenvalue weighted by Crippen LogP contribution is 2.30. The average Bonchev–Trinajstić information content (AvgIpc) is 2.64. The first-order chi connectivity index (χ1) is 12.4. The van der Waals surface area contributed by atoms with Gasteiger partial charge in [-0.15, -0.1) is 0 Å². The zero-order chi connectivity index (χ0) is 19.1. The summed E-state index contributed by atoms with van der Waals surface area (Å²) >= 11 is 6.03. The van der Waals surface area contributed by atoms with Crippen molar-refractivity contribution in [3.05, 3.63) is 52.5 Å². The van der Waals surface area contributed by atoms with E-state index in [1.165, 1.54) is 7.11 Å². The van der Waals surface area contributed by atoms with Gasteiger partial charge in [-0.05, 0) is 42.7 Å². The summed E-state index contributed by atoms with van der Waals surface area (Å²) < 4.78 is 10.3. The number of hydrogen-bond donors (Lipinski definition) is 2. The molecule has 2 rings (SSSR count). The first-order valence-electron chi connectivity index (χ1n) is 8.01. The highest BCUT2D eigenvalue weighted by molar-refractivity contribution is 6.40. The molecule has 2 aromatic rings. The maximum absolute atomic E-state index is 12.1. The Balaban J connectivity index is 1.91. The van der Waals surface area contributed by atoms with E-state index in [2.05, 4.69) is 10.6 Å². The third-order valence-corrected chi connectivity index (χ3v) is 4.18. The van der Waals surface area contributed by atoms with Crippen LogP contribution in [-0.4, -0.2) is 32.6 Å². The Hall–Kier alpha value is -2.73. The van der Waals surface area contributed by atoms with Gasteiger partial charge < -0.3 is 20.1 Å². The van der Waals surface area contributed by atoms with Gasteiger partial charge in [-0.25, -0.2) is 0 Å². The molecule has 26 heavy (non-hydrogen) atoms. The van der Waals surface area contributed by atoms with Gasteiger partial charge in [0.2, 0.25) is 0 Å². The van der Waals surface area contributed by atoms with Crippen LogP contribution in [0, 0.1) is 6.92 Å². The van der Waals surface area contributed by atoms with E-state index in [0.29, 0.717) is 29.4 Å². The molecule has 0 radical (unpaired) electrons. The van der Waals surface area contributed by atoms with Crippen molar-refractivity contribution in [3.63, 3.8) is 0 Å². The van der Waals surface area contributed by atoms with Gasteiger partial charge in [0.1, 0.15) is 11.5 Å². The third-order valence-electron chi connectivity index (χ3n) is 3.77. The van der Waals surface area contributed by atoms with Crippen LogP contribution in [0.4, 0.5) is 5.69 Å². The van der Waals surface area contributed by atoms with Gasteiger partial charge in [0.15, 0.2) is 0 Å². The summed E-state index contributed by atoms with van der Waals surface area (Å²) in [5, 5.41) is 5.65. The van der Waals surface area contributed by atoms with Crippen LogP contribution in [0.5, 0.6) is 11.5 Å². The number of hydrogen-bond acceptors (Lipinski definition) is 4. The lowest BCUT2D eigenvalue weighted by Gasteiger charge is -2.12. The van der Waals surface area contributed by atoms with Gasteiger partial charge >= 0.3 is 11.8 Å². The van der Waals surface area contributed by atoms with E-state index < -0.39 is 11.8 Å². The molecule has 0 bridgehead atoms. The molecule has 6 nitrogen and oxygen atoms in total. The number of amides is 2. The molecule has 0 saturated heterocycles. The number of benzene rings is 2. The Morgan fingerprint density at radius 2 is 1.85 bits per heavy atom. The molecule has 0 aliphatic carbocycles. The fourth-order valence-electron chi connectivity index (χ4n) is 2.34. The molecular weight excluding hydrogens is 356 g/mol. The number of methoxy groups -OCH3 is 2. The molecule has 0 aliphatic heterocycles. The fourth-order valence-corrected chi connectivity index (χ4v) is 2.49. The highest BCUT2D eigenvalue weighted by atomic mass is 35.5. The normalized spacial score (nSPS) is 10.2. The largest absolute Gasteiger partial charge is 0.497 e. The molecule has 2 amide bonds. The van der Waals surface area contributed by atoms with E-state index in [4.69, 9.17) is 21.1 Å². The lowest BCUT2D eigenvalue weighted by Crippen LogP contribution is -2.36. The van der Waals surface area contributed by atoms with E-state index in [0.717, 1.165) is 16.9 Å². The highest BCUT2D eigenvalue weighted by Gasteiger charge is 2.16. The Labute approximate surface area is 157 Å². The zero-order valence-electron chi connectivity index (χ0n) is 14.9. The topological polar surface area (TPSA) is 76.7 Å². The zero-order valence-corrected chi connectivity index (χ0v) is 15.6. The van der Waals surface area contributed by atoms with E-state index >= 15 is 0 Å². The summed E-state index contributed by atoms with van der Waals surface area (Å²) in [4.78, 5) is 24.1. The summed E-state index contributed by atoms with van der Waals surface area (Å²) in [6, 6.07) is 10.8. The molecule has 0 aromatic heterocycles. The second-order valence-electron chi connectivity index (χ2n) is 5.61. The van der Waals surface area contributed by atoms with E-state index in [-0.39, 0.29) is 0 Å². The second-order valence-corrected chi connectivity index (χ2v) is 6.02. The molecule has 0 spiro atoms. The van der Waals surface area contributed by atoms with Crippen LogP contribution in [-0.2, 0) is 16.0 Å². The van der Waals surface area contributed by atoms with Crippen LogP contribution in [0.2, 0.25) is 5.02 Å². The fraction of sp³-hybridized carbons (Fsp3) is 0.263. The predicted octanol–water partition coefficient (Wildman–Crippen LogP) is 2.96. The van der Waals surface area contributed by atoms with Crippen molar-refractivity contribution in [2.75, 3.05) is 26.1 Å². The number of carbonyl (C=O) groups excluding carboxylic acids is 2. The van der Waals surface area contributed by atoms with E-state index in [1.54, 1.807) is 26.2 Å². The molecule has 7 heteroatoms. The van der Waals surface area contributed by atoms with E-state index in [1.807, 2.05) is 24.3 Å². The third kappa shape index (κ3) is 5.13. The molecular formula is C19H21ClN2O4. The first-order valence-corrected chi connectivity index (χ1v) is 8.38. The van der Waals surface area contributed by atoms with Gasteiger partial charge in [0, 0.05) is 17.6 Å². The Morgan fingerprint density at radius 1 is 1.08 bits per heavy atom. The average molecular weight is 377 g/mol. The first kappa shape index (κ1) is 19.6. The summed E-state index contributed by atoms with van der Waals surface area (Å²) in [5.41, 5.74) is 2.16. The van der Waals surface area contributed by atoms with Crippen molar-refractivity contribution in [1.29, 1.82) is 0 Å². The summed E-state index contributed by atoms with van der Waals surface area (Å²) in [6.45, 7) is 2.13. The molecule has 0 unspecified atom stereocenters. The Bertz CT molecular complexity index is 808. The monoisotopic (exact) mass is 376 g/mol. The number of aryl methyl sites for hydroxylation is 1. The van der Waals surface area contributed by atoms with Gasteiger partial charge in [0.05, 0.1) is 19.9 Å². The molecule has 2 aromatic carbocycles. The van der Waals surface area contributed by atoms with Gasteiger partial charge in [-0.1, -0.05) is 23.7 Å². The minimum Gasteiger partial charge on any atom is -0.497 e. The lowest BCUT2D eigenvalue weighted by atomic mass is 10.1. The Morgan fingerprint density at radius 3 is 2.54 bits per heavy atom. The van der Waals surface area contributed by atoms with Crippen LogP contribution < -0.4 is 20.1 Å². The summed E-state index contributed by atoms with van der Waals surface area (Å²) in [5.74, 6) is -0.354. The van der Waals surface area contributed by atoms with Gasteiger partial charge in [-0.3, -0.25) is 9.59 Å². The number of carbonyl (C=O) groups is 2.